The Hall–Kier alpha value is -14.5. The quantitative estimate of drug-likeness (QED) is 0.103. The number of hydrogen-bond donors (Lipinski definition) is 2. The lowest BCUT2D eigenvalue weighted by Crippen LogP contribution is -2.41. The van der Waals surface area contributed by atoms with E-state index in [2.05, 4.69) is 311 Å². The molecule has 0 spiro atoms. The van der Waals surface area contributed by atoms with Crippen LogP contribution in [0.1, 0.15) is 59.2 Å². The summed E-state index contributed by atoms with van der Waals surface area (Å²) >= 11 is 6.70. The molecule has 0 unspecified atom stereocenters. The molecule has 3 aromatic heterocycles. The summed E-state index contributed by atoms with van der Waals surface area (Å²) in [7, 11) is -10.9. The predicted molar refractivity (Wildman–Crippen MR) is 584 cm³/mol. The first-order chi connectivity index (χ1) is 66.1. The molecule has 18 aromatic carbocycles. The standard InChI is InChI=1S/C44H32N2O2S.C30H20N2O2S.C24H25BN2O2.C12H7BrO2S.C7H7Br.2CH4.FH/c1-29-16-21-33(22-17-29)45(34-23-18-30(2)19-24-34)41-28-42-38(35-12-6-8-14-40(35)46(42)32-10-4-3-5-11-32)27-37(41)31-20-25-44-39(26-31)36-13-7-9-15-43(36)49(44,47)48;31-26-18-28-24(21-10-4-6-12-27(21)32(28)20-8-2-1-3-9-20)17-23(26)19-14-15-30-25(16-19)22-11-5-7-13-29(22)35(30,33)34;1-23(2)24(3,4)29-25(28-23)19-14-18-17-12-8-9-13-21(17)27(22(18)15-20(19)26)16-10-6-5-7-11-16;13-8-5-6-12-10(7-8)9-3-1-2-4-11(9)16(12,14)15;1-6-2-4-7(8)5-3-6;;;/h3-28H,1-2H3;1-18H,31H2;5-15H,26H2,1-4H3;1-7H;2-5H,1H3;2*1H4;1H. The number of nitrogens with zero attached hydrogens (tertiary/aromatic N) is 4. The number of nitrogens with two attached hydrogens (primary N) is 2. The molecular formula is C119H100BBr2FN6O8S3. The Labute approximate surface area is 833 Å². The highest BCUT2D eigenvalue weighted by molar-refractivity contribution is 9.10. The lowest BCUT2D eigenvalue weighted by atomic mass is 9.77. The van der Waals surface area contributed by atoms with Crippen molar-refractivity contribution >= 4 is 168 Å². The number of rotatable bonds is 9. The van der Waals surface area contributed by atoms with Gasteiger partial charge in [-0.05, 0) is 242 Å². The van der Waals surface area contributed by atoms with E-state index in [1.54, 1.807) is 60.7 Å². The minimum absolute atomic E-state index is 0. The van der Waals surface area contributed by atoms with Crippen LogP contribution in [0.4, 0.5) is 33.1 Å². The molecule has 0 bridgehead atoms. The van der Waals surface area contributed by atoms with Gasteiger partial charge in [0.1, 0.15) is 0 Å². The normalized spacial score (nSPS) is 14.0. The van der Waals surface area contributed by atoms with Crippen LogP contribution < -0.4 is 21.8 Å². The van der Waals surface area contributed by atoms with Gasteiger partial charge in [-0.25, -0.2) is 25.3 Å². The van der Waals surface area contributed by atoms with Gasteiger partial charge < -0.3 is 39.4 Å². The van der Waals surface area contributed by atoms with Crippen LogP contribution in [0.15, 0.2) is 439 Å². The molecule has 1 saturated heterocycles. The largest absolute Gasteiger partial charge is 0.496 e. The van der Waals surface area contributed by atoms with Gasteiger partial charge in [0.25, 0.3) is 0 Å². The van der Waals surface area contributed by atoms with Crippen LogP contribution in [0.3, 0.4) is 0 Å². The lowest BCUT2D eigenvalue weighted by molar-refractivity contribution is 0.00578. The summed E-state index contributed by atoms with van der Waals surface area (Å²) in [5.74, 6) is 0. The first kappa shape index (κ1) is 95.8. The third-order valence-corrected chi connectivity index (χ3v) is 33.3. The van der Waals surface area contributed by atoms with Crippen LogP contribution in [-0.2, 0) is 38.8 Å². The number of hydrogen-bond acceptors (Lipinski definition) is 11. The minimum atomic E-state index is -3.59. The number of benzene rings is 18. The average Bonchev–Trinajstić information content (AvgIpc) is 1.56. The molecule has 140 heavy (non-hydrogen) atoms. The summed E-state index contributed by atoms with van der Waals surface area (Å²) in [6, 6.07) is 133. The van der Waals surface area contributed by atoms with E-state index >= 15 is 0 Å². The molecule has 7 heterocycles. The van der Waals surface area contributed by atoms with Crippen LogP contribution in [0.5, 0.6) is 0 Å². The zero-order chi connectivity index (χ0) is 94.7. The predicted octanol–water partition coefficient (Wildman–Crippen LogP) is 30.3. The van der Waals surface area contributed by atoms with Gasteiger partial charge >= 0.3 is 7.12 Å². The van der Waals surface area contributed by atoms with Crippen molar-refractivity contribution in [2.75, 3.05) is 16.4 Å². The Morgan fingerprint density at radius 3 is 0.993 bits per heavy atom. The van der Waals surface area contributed by atoms with Gasteiger partial charge in [0.05, 0.1) is 79.4 Å². The molecule has 1 fully saturated rings. The molecule has 4 aliphatic rings. The summed E-state index contributed by atoms with van der Waals surface area (Å²) in [5, 5.41) is 6.84. The summed E-state index contributed by atoms with van der Waals surface area (Å²) in [6.07, 6.45) is 0. The van der Waals surface area contributed by atoms with Gasteiger partial charge in [-0.2, -0.15) is 0 Å². The molecule has 21 heteroatoms. The van der Waals surface area contributed by atoms with Crippen LogP contribution in [-0.4, -0.2) is 57.3 Å². The number of aromatic nitrogens is 3. The molecule has 0 aliphatic carbocycles. The Morgan fingerprint density at radius 1 is 0.286 bits per heavy atom. The molecule has 0 atom stereocenters. The van der Waals surface area contributed by atoms with Crippen molar-refractivity contribution in [3.8, 4) is 72.7 Å². The molecule has 0 saturated carbocycles. The molecule has 696 valence electrons. The first-order valence-electron chi connectivity index (χ1n) is 45.1. The summed E-state index contributed by atoms with van der Waals surface area (Å²) in [4.78, 5) is 4.56. The van der Waals surface area contributed by atoms with Crippen molar-refractivity contribution in [1.29, 1.82) is 0 Å². The van der Waals surface area contributed by atoms with E-state index in [4.69, 9.17) is 20.8 Å². The van der Waals surface area contributed by atoms with Crippen molar-refractivity contribution in [3.05, 3.63) is 426 Å². The van der Waals surface area contributed by atoms with Gasteiger partial charge in [0.15, 0.2) is 0 Å². The van der Waals surface area contributed by atoms with Crippen LogP contribution in [0.2, 0.25) is 0 Å². The second kappa shape index (κ2) is 37.7. The van der Waals surface area contributed by atoms with Gasteiger partial charge in [0.2, 0.25) is 29.5 Å². The first-order valence-corrected chi connectivity index (χ1v) is 51.2. The number of para-hydroxylation sites is 6. The molecule has 4 aliphatic heterocycles. The van der Waals surface area contributed by atoms with Crippen molar-refractivity contribution in [3.63, 3.8) is 0 Å². The molecule has 14 nitrogen and oxygen atoms in total. The number of fused-ring (bicyclic) bond motifs is 18. The van der Waals surface area contributed by atoms with E-state index in [0.717, 1.165) is 164 Å². The van der Waals surface area contributed by atoms with E-state index in [9.17, 15) is 25.3 Å². The number of aryl methyl sites for hydroxylation is 3. The summed E-state index contributed by atoms with van der Waals surface area (Å²) in [6.45, 7) is 14.5. The maximum Gasteiger partial charge on any atom is 0.496 e. The average molecular weight is 2030 g/mol. The molecule has 21 aromatic rings. The Bertz CT molecular complexity index is 8730. The highest BCUT2D eigenvalue weighted by atomic mass is 79.9. The van der Waals surface area contributed by atoms with Gasteiger partial charge in [0, 0.05) is 131 Å². The van der Waals surface area contributed by atoms with Crippen molar-refractivity contribution in [2.45, 2.75) is 104 Å². The Kier molecular flexibility index (Phi) is 25.8. The van der Waals surface area contributed by atoms with E-state index in [1.165, 1.54) is 22.1 Å². The Morgan fingerprint density at radius 2 is 0.593 bits per heavy atom. The topological polar surface area (TPSA) is 191 Å². The zero-order valence-corrected chi connectivity index (χ0v) is 81.9. The third kappa shape index (κ3) is 16.9. The summed E-state index contributed by atoms with van der Waals surface area (Å²) < 4.78 is 98.9. The highest BCUT2D eigenvalue weighted by Crippen LogP contribution is 2.53. The molecule has 0 radical (unpaired) electrons. The minimum Gasteiger partial charge on any atom is -0.399 e. The van der Waals surface area contributed by atoms with Crippen molar-refractivity contribution in [1.82, 2.24) is 13.7 Å². The smallest absolute Gasteiger partial charge is 0.399 e. The fraction of sp³-hybridized carbons (Fsp3) is 0.0924. The van der Waals surface area contributed by atoms with E-state index < -0.39 is 47.8 Å². The maximum absolute atomic E-state index is 13.6. The second-order valence-corrected chi connectivity index (χ2v) is 43.3. The number of halogens is 3. The number of sulfone groups is 3. The number of anilines is 5. The zero-order valence-electron chi connectivity index (χ0n) is 76.3. The van der Waals surface area contributed by atoms with E-state index in [1.807, 2.05) is 127 Å². The van der Waals surface area contributed by atoms with E-state index in [0.29, 0.717) is 40.7 Å². The van der Waals surface area contributed by atoms with Crippen LogP contribution in [0.25, 0.3) is 138 Å². The maximum atomic E-state index is 13.6. The van der Waals surface area contributed by atoms with Gasteiger partial charge in [-0.3, -0.25) is 4.70 Å². The molecule has 4 N–H and O–H groups in total. The fourth-order valence-corrected chi connectivity index (χ4v) is 24.8. The monoisotopic (exact) mass is 2020 g/mol. The molecule has 25 rings (SSSR count). The highest BCUT2D eigenvalue weighted by Gasteiger charge is 2.52. The Balaban J connectivity index is 0.000000126. The van der Waals surface area contributed by atoms with Gasteiger partial charge in [-0.15, -0.1) is 0 Å². The van der Waals surface area contributed by atoms with Crippen molar-refractivity contribution < 1.29 is 39.3 Å². The lowest BCUT2D eigenvalue weighted by Gasteiger charge is -2.32. The molecular weight excluding hydrogens is 1930 g/mol. The van der Waals surface area contributed by atoms with Crippen LogP contribution in [0, 0.1) is 20.8 Å². The third-order valence-electron chi connectivity index (χ3n) is 26.7. The van der Waals surface area contributed by atoms with E-state index in [-0.39, 0.29) is 19.6 Å². The summed E-state index contributed by atoms with van der Waals surface area (Å²) in [5.41, 5.74) is 39.4. The van der Waals surface area contributed by atoms with Crippen molar-refractivity contribution in [2.24, 2.45) is 0 Å². The SMILES string of the molecule is C.C.CC1(C)OB(c2cc3c4ccccc4n(-c4ccccc4)c3cc2N)OC1(C)C.Cc1ccc(Br)cc1.Cc1ccc(N(c2ccc(C)cc2)c2cc3c(cc2-c2ccc4c(c2)-c2ccccc2S4(=O)=O)c2ccccc2n3-c2ccccc2)cc1.F.Nc1cc2c(cc1-c1ccc3c(c1)-c1ccccc1S3(=O)=O)c1ccccc1n2-c1ccccc1.O=S1(=O)c2ccccc2-c2cc(Br)ccc21. The number of nitrogen functional groups attached to an aromatic ring is 2. The second-order valence-electron chi connectivity index (χ2n) is 35.9. The van der Waals surface area contributed by atoms with Crippen LogP contribution >= 0.6 is 31.9 Å². The fourth-order valence-electron chi connectivity index (χ4n) is 19.2. The molecule has 0 amide bonds. The van der Waals surface area contributed by atoms with Gasteiger partial charge in [-0.1, -0.05) is 282 Å².